The van der Waals surface area contributed by atoms with E-state index in [9.17, 15) is 15.0 Å². The number of phenolic OH excluding ortho intramolecular Hbond substituents is 1. The molecule has 2 aliphatic heterocycles. The van der Waals surface area contributed by atoms with E-state index in [2.05, 4.69) is 9.80 Å². The van der Waals surface area contributed by atoms with E-state index in [4.69, 9.17) is 14.2 Å². The molecule has 0 amide bonds. The van der Waals surface area contributed by atoms with Gasteiger partial charge in [0.1, 0.15) is 34.7 Å². The Balaban J connectivity index is 1.40. The maximum Gasteiger partial charge on any atom is 0.325 e. The van der Waals surface area contributed by atoms with Crippen LogP contribution in [0.3, 0.4) is 0 Å². The Morgan fingerprint density at radius 2 is 1.88 bits per heavy atom. The molecule has 2 unspecified atom stereocenters. The zero-order valence-corrected chi connectivity index (χ0v) is 20.4. The van der Waals surface area contributed by atoms with Crippen molar-refractivity contribution in [3.8, 4) is 17.2 Å². The number of anilines is 1. The number of aliphatic hydroxyl groups excluding tert-OH is 1. The summed E-state index contributed by atoms with van der Waals surface area (Å²) in [5.41, 5.74) is 1.11. The van der Waals surface area contributed by atoms with Crippen molar-refractivity contribution >= 4 is 23.4 Å². The molecule has 2 heterocycles. The first kappa shape index (κ1) is 24.5. The number of ether oxygens (including phenoxy) is 3. The second-order valence-electron chi connectivity index (χ2n) is 8.57. The van der Waals surface area contributed by atoms with Gasteiger partial charge in [-0.1, -0.05) is 0 Å². The van der Waals surface area contributed by atoms with Crippen LogP contribution in [0.5, 0.6) is 17.2 Å². The number of esters is 1. The number of aromatic hydroxyl groups is 1. The number of hydrogen-bond donors (Lipinski definition) is 2. The molecule has 184 valence electrons. The van der Waals surface area contributed by atoms with Crippen LogP contribution < -0.4 is 14.4 Å². The number of thioether (sulfide) groups is 1. The Bertz CT molecular complexity index is 980. The van der Waals surface area contributed by atoms with E-state index in [1.807, 2.05) is 18.2 Å². The van der Waals surface area contributed by atoms with Crippen LogP contribution in [0.1, 0.15) is 12.8 Å². The highest BCUT2D eigenvalue weighted by atomic mass is 32.2. The van der Waals surface area contributed by atoms with Gasteiger partial charge in [-0.2, -0.15) is 0 Å². The molecule has 9 heteroatoms. The molecule has 0 aromatic heterocycles. The van der Waals surface area contributed by atoms with E-state index < -0.39 is 16.8 Å². The third-order valence-corrected chi connectivity index (χ3v) is 8.06. The van der Waals surface area contributed by atoms with Crippen molar-refractivity contribution in [2.75, 3.05) is 58.5 Å². The summed E-state index contributed by atoms with van der Waals surface area (Å²) in [6.07, 6.45) is 0.191. The number of benzene rings is 2. The Kier molecular flexibility index (Phi) is 7.75. The number of nitrogens with zero attached hydrogens (tertiary/aromatic N) is 2. The molecule has 2 aromatic rings. The third-order valence-electron chi connectivity index (χ3n) is 6.52. The van der Waals surface area contributed by atoms with Crippen LogP contribution in [0.15, 0.2) is 47.4 Å². The van der Waals surface area contributed by atoms with Gasteiger partial charge in [-0.25, -0.2) is 0 Å². The number of piperazine rings is 1. The maximum absolute atomic E-state index is 13.0. The minimum absolute atomic E-state index is 0.0206. The Morgan fingerprint density at radius 1 is 1.15 bits per heavy atom. The molecule has 1 saturated heterocycles. The van der Waals surface area contributed by atoms with E-state index >= 15 is 0 Å². The zero-order chi connectivity index (χ0) is 24.1. The third kappa shape index (κ3) is 5.21. The molecule has 0 radical (unpaired) electrons. The van der Waals surface area contributed by atoms with Gasteiger partial charge in [0, 0.05) is 31.9 Å². The van der Waals surface area contributed by atoms with Crippen LogP contribution in [-0.4, -0.2) is 85.5 Å². The minimum Gasteiger partial charge on any atom is -0.508 e. The number of aliphatic hydroxyl groups is 1. The van der Waals surface area contributed by atoms with Crippen LogP contribution in [0.2, 0.25) is 0 Å². The highest BCUT2D eigenvalue weighted by Gasteiger charge is 2.49. The standard InChI is InChI=1S/C25H32N2O6S/c1-31-20-8-9-21-22(16-20)34-25(24(30)32-2,23(29)17-33-21)10-3-11-26-12-14-27(15-13-26)18-4-6-19(28)7-5-18/h4-9,16,23,28-29H,3,10-15,17H2,1-2H3. The van der Waals surface area contributed by atoms with E-state index in [1.165, 1.54) is 18.9 Å². The molecule has 2 atom stereocenters. The summed E-state index contributed by atoms with van der Waals surface area (Å²) in [6.45, 7) is 4.44. The second-order valence-corrected chi connectivity index (χ2v) is 9.94. The number of carbonyl (C=O) groups excluding carboxylic acids is 1. The fourth-order valence-corrected chi connectivity index (χ4v) is 5.92. The summed E-state index contributed by atoms with van der Waals surface area (Å²) in [5, 5.41) is 20.5. The number of rotatable bonds is 7. The topological polar surface area (TPSA) is 91.7 Å². The zero-order valence-electron chi connectivity index (χ0n) is 19.6. The summed E-state index contributed by atoms with van der Waals surface area (Å²) >= 11 is 1.30. The summed E-state index contributed by atoms with van der Waals surface area (Å²) < 4.78 is 15.1. The predicted molar refractivity (Wildman–Crippen MR) is 131 cm³/mol. The first-order chi connectivity index (χ1) is 16.4. The van der Waals surface area contributed by atoms with Gasteiger partial charge in [0.15, 0.2) is 0 Å². The monoisotopic (exact) mass is 488 g/mol. The summed E-state index contributed by atoms with van der Waals surface area (Å²) in [5.74, 6) is 1.12. The Labute approximate surface area is 204 Å². The normalized spacial score (nSPS) is 22.9. The smallest absolute Gasteiger partial charge is 0.325 e. The highest BCUT2D eigenvalue weighted by molar-refractivity contribution is 8.01. The number of hydrogen-bond acceptors (Lipinski definition) is 9. The van der Waals surface area contributed by atoms with E-state index in [-0.39, 0.29) is 12.4 Å². The first-order valence-electron chi connectivity index (χ1n) is 11.5. The SMILES string of the molecule is COC(=O)C1(CCCN2CCN(c3ccc(O)cc3)CC2)Sc2cc(OC)ccc2OCC1O. The summed E-state index contributed by atoms with van der Waals surface area (Å²) in [7, 11) is 2.95. The maximum atomic E-state index is 13.0. The Morgan fingerprint density at radius 3 is 2.56 bits per heavy atom. The van der Waals surface area contributed by atoms with E-state index in [1.54, 1.807) is 31.4 Å². The van der Waals surface area contributed by atoms with Crippen molar-refractivity contribution in [1.82, 2.24) is 4.90 Å². The summed E-state index contributed by atoms with van der Waals surface area (Å²) in [4.78, 5) is 18.4. The summed E-state index contributed by atoms with van der Waals surface area (Å²) in [6, 6.07) is 12.7. The second kappa shape index (κ2) is 10.8. The van der Waals surface area contributed by atoms with E-state index in [0.717, 1.165) is 49.7 Å². The van der Waals surface area contributed by atoms with Crippen LogP contribution in [0.4, 0.5) is 5.69 Å². The molecule has 2 aliphatic rings. The molecule has 2 aromatic carbocycles. The van der Waals surface area contributed by atoms with Crippen LogP contribution in [0, 0.1) is 0 Å². The number of fused-ring (bicyclic) bond motifs is 1. The van der Waals surface area contributed by atoms with Crippen molar-refractivity contribution in [2.45, 2.75) is 28.6 Å². The molecule has 4 rings (SSSR count). The molecule has 0 bridgehead atoms. The molecule has 34 heavy (non-hydrogen) atoms. The average molecular weight is 489 g/mol. The molecule has 0 spiro atoms. The predicted octanol–water partition coefficient (Wildman–Crippen LogP) is 2.76. The van der Waals surface area contributed by atoms with Gasteiger partial charge in [0.2, 0.25) is 0 Å². The van der Waals surface area contributed by atoms with Gasteiger partial charge in [0.05, 0.1) is 19.1 Å². The average Bonchev–Trinajstić information content (AvgIpc) is 3.01. The van der Waals surface area contributed by atoms with Crippen LogP contribution in [0.25, 0.3) is 0 Å². The van der Waals surface area contributed by atoms with Gasteiger partial charge in [-0.05, 0) is 61.9 Å². The van der Waals surface area contributed by atoms with Crippen molar-refractivity contribution < 1.29 is 29.2 Å². The van der Waals surface area contributed by atoms with Crippen LogP contribution in [-0.2, 0) is 9.53 Å². The largest absolute Gasteiger partial charge is 0.508 e. The molecule has 8 nitrogen and oxygen atoms in total. The fraction of sp³-hybridized carbons (Fsp3) is 0.480. The lowest BCUT2D eigenvalue weighted by molar-refractivity contribution is -0.147. The minimum atomic E-state index is -1.15. The van der Waals surface area contributed by atoms with Gasteiger partial charge >= 0.3 is 5.97 Å². The molecular formula is C25H32N2O6S. The molecular weight excluding hydrogens is 456 g/mol. The first-order valence-corrected chi connectivity index (χ1v) is 12.3. The fourth-order valence-electron chi connectivity index (χ4n) is 4.51. The number of carbonyl (C=O) groups is 1. The highest BCUT2D eigenvalue weighted by Crippen LogP contribution is 2.47. The van der Waals surface area contributed by atoms with Gasteiger partial charge in [-0.15, -0.1) is 11.8 Å². The van der Waals surface area contributed by atoms with Crippen LogP contribution >= 0.6 is 11.8 Å². The van der Waals surface area contributed by atoms with E-state index in [0.29, 0.717) is 17.9 Å². The van der Waals surface area contributed by atoms with Crippen molar-refractivity contribution in [1.29, 1.82) is 0 Å². The molecule has 0 aliphatic carbocycles. The number of methoxy groups -OCH3 is 2. The van der Waals surface area contributed by atoms with Crippen molar-refractivity contribution in [3.63, 3.8) is 0 Å². The van der Waals surface area contributed by atoms with Crippen molar-refractivity contribution in [2.24, 2.45) is 0 Å². The lowest BCUT2D eigenvalue weighted by Gasteiger charge is -2.37. The van der Waals surface area contributed by atoms with Crippen molar-refractivity contribution in [3.05, 3.63) is 42.5 Å². The number of phenols is 1. The lowest BCUT2D eigenvalue weighted by Crippen LogP contribution is -2.50. The van der Waals surface area contributed by atoms with Gasteiger partial charge < -0.3 is 29.3 Å². The quantitative estimate of drug-likeness (QED) is 0.571. The van der Waals surface area contributed by atoms with Gasteiger partial charge in [0.25, 0.3) is 0 Å². The molecule has 2 N–H and O–H groups in total. The molecule has 0 saturated carbocycles. The lowest BCUT2D eigenvalue weighted by atomic mass is 9.95. The Hall–Kier alpha value is -2.62. The van der Waals surface area contributed by atoms with Gasteiger partial charge in [-0.3, -0.25) is 9.69 Å². The molecule has 1 fully saturated rings.